The van der Waals surface area contributed by atoms with Crippen molar-refractivity contribution in [3.63, 3.8) is 0 Å². The normalized spacial score (nSPS) is 13.5. The molecule has 6 nitrogen and oxygen atoms in total. The Hall–Kier alpha value is -3.90. The van der Waals surface area contributed by atoms with E-state index in [0.29, 0.717) is 22.6 Å². The average Bonchev–Trinajstić information content (AvgIpc) is 3.00. The summed E-state index contributed by atoms with van der Waals surface area (Å²) < 4.78 is 0. The van der Waals surface area contributed by atoms with Crippen molar-refractivity contribution in [3.8, 4) is 0 Å². The molecule has 0 aromatic heterocycles. The maximum atomic E-state index is 13.0. The maximum Gasteiger partial charge on any atom is 0.283 e. The van der Waals surface area contributed by atoms with Crippen LogP contribution in [0.4, 0.5) is 17.1 Å². The highest BCUT2D eigenvalue weighted by Gasteiger charge is 2.39. The monoisotopic (exact) mass is 445 g/mol. The molecule has 0 radical (unpaired) electrons. The van der Waals surface area contributed by atoms with Gasteiger partial charge in [0.1, 0.15) is 10.7 Å². The smallest absolute Gasteiger partial charge is 0.283 e. The van der Waals surface area contributed by atoms with Crippen LogP contribution in [0.15, 0.2) is 83.5 Å². The number of benzene rings is 3. The fourth-order valence-corrected chi connectivity index (χ4v) is 3.59. The summed E-state index contributed by atoms with van der Waals surface area (Å²) in [5.41, 5.74) is 3.96. The van der Waals surface area contributed by atoms with E-state index >= 15 is 0 Å². The Morgan fingerprint density at radius 2 is 1.50 bits per heavy atom. The van der Waals surface area contributed by atoms with Crippen LogP contribution in [-0.4, -0.2) is 17.7 Å². The summed E-state index contributed by atoms with van der Waals surface area (Å²) >= 11 is 6.22. The molecule has 0 aliphatic carbocycles. The Labute approximate surface area is 190 Å². The van der Waals surface area contributed by atoms with Crippen LogP contribution in [0.2, 0.25) is 0 Å². The number of hydrogen-bond donors (Lipinski definition) is 2. The summed E-state index contributed by atoms with van der Waals surface area (Å²) in [6, 6.07) is 21.1. The molecule has 0 spiro atoms. The van der Waals surface area contributed by atoms with Gasteiger partial charge in [-0.1, -0.05) is 41.9 Å². The van der Waals surface area contributed by atoms with Crippen molar-refractivity contribution in [1.82, 2.24) is 0 Å². The second-order valence-electron chi connectivity index (χ2n) is 7.38. The average molecular weight is 446 g/mol. The fraction of sp³-hybridized carbons (Fsp3) is 0.0800. The third-order valence-electron chi connectivity index (χ3n) is 5.29. The van der Waals surface area contributed by atoms with Gasteiger partial charge in [-0.15, -0.1) is 0 Å². The van der Waals surface area contributed by atoms with Gasteiger partial charge in [-0.2, -0.15) is 0 Å². The number of nitrogens with zero attached hydrogens (tertiary/aromatic N) is 1. The van der Waals surface area contributed by atoms with E-state index in [-0.39, 0.29) is 16.6 Å². The molecule has 0 saturated heterocycles. The molecule has 0 unspecified atom stereocenters. The van der Waals surface area contributed by atoms with Crippen LogP contribution in [0.5, 0.6) is 0 Å². The van der Waals surface area contributed by atoms with Crippen molar-refractivity contribution in [2.75, 3.05) is 15.5 Å². The number of rotatable bonds is 5. The molecular weight excluding hydrogens is 426 g/mol. The molecule has 0 atom stereocenters. The first kappa shape index (κ1) is 21.3. The third-order valence-corrected chi connectivity index (χ3v) is 5.64. The Kier molecular flexibility index (Phi) is 5.79. The number of imide groups is 1. The predicted molar refractivity (Wildman–Crippen MR) is 126 cm³/mol. The first-order valence-electron chi connectivity index (χ1n) is 9.95. The van der Waals surface area contributed by atoms with Crippen LogP contribution in [-0.2, 0) is 9.59 Å². The van der Waals surface area contributed by atoms with Gasteiger partial charge in [-0.25, -0.2) is 4.90 Å². The topological polar surface area (TPSA) is 78.5 Å². The molecule has 3 aromatic rings. The first-order valence-corrected chi connectivity index (χ1v) is 10.3. The lowest BCUT2D eigenvalue weighted by Gasteiger charge is -2.18. The molecule has 7 heteroatoms. The van der Waals surface area contributed by atoms with Gasteiger partial charge in [0.15, 0.2) is 0 Å². The zero-order chi connectivity index (χ0) is 22.8. The molecule has 0 bridgehead atoms. The van der Waals surface area contributed by atoms with Crippen molar-refractivity contribution >= 4 is 46.4 Å². The van der Waals surface area contributed by atoms with Gasteiger partial charge in [0.05, 0.1) is 5.69 Å². The van der Waals surface area contributed by atoms with Crippen LogP contribution in [0.1, 0.15) is 21.5 Å². The van der Waals surface area contributed by atoms with Gasteiger partial charge in [0, 0.05) is 16.9 Å². The molecule has 160 valence electrons. The molecule has 2 N–H and O–H groups in total. The number of carbonyl (C=O) groups is 3. The van der Waals surface area contributed by atoms with Gasteiger partial charge in [-0.3, -0.25) is 14.4 Å². The van der Waals surface area contributed by atoms with Gasteiger partial charge in [0.2, 0.25) is 0 Å². The lowest BCUT2D eigenvalue weighted by atomic mass is 10.1. The zero-order valence-corrected chi connectivity index (χ0v) is 18.2. The van der Waals surface area contributed by atoms with E-state index in [2.05, 4.69) is 10.6 Å². The minimum Gasteiger partial charge on any atom is -0.350 e. The lowest BCUT2D eigenvalue weighted by molar-refractivity contribution is -0.120. The first-order chi connectivity index (χ1) is 15.4. The summed E-state index contributed by atoms with van der Waals surface area (Å²) in [5.74, 6) is -1.36. The highest BCUT2D eigenvalue weighted by atomic mass is 35.5. The third kappa shape index (κ3) is 4.00. The second-order valence-corrected chi connectivity index (χ2v) is 7.75. The van der Waals surface area contributed by atoms with Crippen LogP contribution >= 0.6 is 11.6 Å². The van der Waals surface area contributed by atoms with Crippen molar-refractivity contribution in [2.24, 2.45) is 0 Å². The number of anilines is 3. The SMILES string of the molecule is Cc1cccc(N2C(=O)C(Cl)=C(Nc3ccc(C(=O)Nc4ccccc4)cc3)C2=O)c1C. The number of carbonyl (C=O) groups excluding carboxylic acids is 3. The van der Waals surface area contributed by atoms with Crippen LogP contribution in [0, 0.1) is 13.8 Å². The highest BCUT2D eigenvalue weighted by Crippen LogP contribution is 2.32. The lowest BCUT2D eigenvalue weighted by Crippen LogP contribution is -2.33. The Bertz CT molecular complexity index is 1250. The largest absolute Gasteiger partial charge is 0.350 e. The van der Waals surface area contributed by atoms with Gasteiger partial charge in [-0.05, 0) is 67.4 Å². The number of hydrogen-bond acceptors (Lipinski definition) is 4. The van der Waals surface area contributed by atoms with Crippen molar-refractivity contribution < 1.29 is 14.4 Å². The Morgan fingerprint density at radius 1 is 0.812 bits per heavy atom. The van der Waals surface area contributed by atoms with Gasteiger partial charge in [0.25, 0.3) is 17.7 Å². The number of nitrogens with one attached hydrogen (secondary N) is 2. The van der Waals surface area contributed by atoms with Gasteiger partial charge >= 0.3 is 0 Å². The van der Waals surface area contributed by atoms with E-state index in [1.807, 2.05) is 38.1 Å². The molecule has 0 fully saturated rings. The summed E-state index contributed by atoms with van der Waals surface area (Å²) in [4.78, 5) is 39.2. The van der Waals surface area contributed by atoms with Crippen LogP contribution in [0.25, 0.3) is 0 Å². The molecular formula is C25H20ClN3O3. The highest BCUT2D eigenvalue weighted by molar-refractivity contribution is 6.53. The van der Waals surface area contributed by atoms with Crippen LogP contribution in [0.3, 0.4) is 0 Å². The molecule has 4 rings (SSSR count). The minimum atomic E-state index is -0.577. The number of aryl methyl sites for hydroxylation is 1. The predicted octanol–water partition coefficient (Wildman–Crippen LogP) is 4.99. The van der Waals surface area contributed by atoms with E-state index in [9.17, 15) is 14.4 Å². The standard InChI is InChI=1S/C25H20ClN3O3/c1-15-7-6-10-20(16(15)2)29-24(31)21(26)22(25(29)32)27-19-13-11-17(12-14-19)23(30)28-18-8-4-3-5-9-18/h3-14,27H,1-2H3,(H,28,30). The Balaban J connectivity index is 1.51. The Morgan fingerprint density at radius 3 is 2.19 bits per heavy atom. The molecule has 3 amide bonds. The van der Waals surface area contributed by atoms with E-state index < -0.39 is 11.8 Å². The molecule has 1 aliphatic rings. The molecule has 1 aliphatic heterocycles. The van der Waals surface area contributed by atoms with Crippen molar-refractivity contribution in [1.29, 1.82) is 0 Å². The van der Waals surface area contributed by atoms with Crippen molar-refractivity contribution in [2.45, 2.75) is 13.8 Å². The quantitative estimate of drug-likeness (QED) is 0.542. The van der Waals surface area contributed by atoms with Crippen molar-refractivity contribution in [3.05, 3.63) is 100 Å². The second kappa shape index (κ2) is 8.69. The zero-order valence-electron chi connectivity index (χ0n) is 17.5. The number of para-hydroxylation sites is 1. The number of halogens is 1. The molecule has 3 aromatic carbocycles. The minimum absolute atomic E-state index is 0.000870. The number of amides is 3. The fourth-order valence-electron chi connectivity index (χ4n) is 3.38. The van der Waals surface area contributed by atoms with E-state index in [1.165, 1.54) is 0 Å². The summed E-state index contributed by atoms with van der Waals surface area (Å²) in [5, 5.41) is 5.55. The summed E-state index contributed by atoms with van der Waals surface area (Å²) in [7, 11) is 0. The van der Waals surface area contributed by atoms with E-state index in [0.717, 1.165) is 16.0 Å². The molecule has 1 heterocycles. The molecule has 0 saturated carbocycles. The van der Waals surface area contributed by atoms with E-state index in [1.54, 1.807) is 48.5 Å². The summed E-state index contributed by atoms with van der Waals surface area (Å²) in [6.07, 6.45) is 0. The van der Waals surface area contributed by atoms with E-state index in [4.69, 9.17) is 11.6 Å². The summed E-state index contributed by atoms with van der Waals surface area (Å²) in [6.45, 7) is 3.76. The van der Waals surface area contributed by atoms with Crippen LogP contribution < -0.4 is 15.5 Å². The van der Waals surface area contributed by atoms with Gasteiger partial charge < -0.3 is 10.6 Å². The maximum absolute atomic E-state index is 13.0. The molecule has 32 heavy (non-hydrogen) atoms.